The molecule has 1 aromatic carbocycles. The second-order valence-electron chi connectivity index (χ2n) is 7.43. The molecule has 1 saturated carbocycles. The number of anilines is 1. The summed E-state index contributed by atoms with van der Waals surface area (Å²) in [5, 5.41) is 19.4. The minimum Gasteiger partial charge on any atom is -0.477 e. The van der Waals surface area contributed by atoms with Crippen LogP contribution < -0.4 is 16.1 Å². The monoisotopic (exact) mass is 375 g/mol. The predicted molar refractivity (Wildman–Crippen MR) is 98.8 cm³/mol. The summed E-state index contributed by atoms with van der Waals surface area (Å²) in [5.74, 6) is -2.03. The summed E-state index contributed by atoms with van der Waals surface area (Å²) >= 11 is 0. The molecule has 4 N–H and O–H groups in total. The average molecular weight is 375 g/mol. The van der Waals surface area contributed by atoms with Gasteiger partial charge in [-0.05, 0) is 37.9 Å². The number of nitrogens with zero attached hydrogens (tertiary/aromatic N) is 2. The fraction of sp³-hybridized carbons (Fsp3) is 0.474. The fourth-order valence-electron chi connectivity index (χ4n) is 3.88. The lowest BCUT2D eigenvalue weighted by Crippen LogP contribution is -2.46. The van der Waals surface area contributed by atoms with Crippen LogP contribution in [0.4, 0.5) is 10.1 Å². The Hall–Kier alpha value is -2.45. The highest BCUT2D eigenvalue weighted by atomic mass is 19.1. The molecule has 4 rings (SSSR count). The first-order valence-electron chi connectivity index (χ1n) is 9.15. The summed E-state index contributed by atoms with van der Waals surface area (Å²) in [6, 6.07) is 2.90. The van der Waals surface area contributed by atoms with Crippen molar-refractivity contribution in [3.05, 3.63) is 39.9 Å². The molecule has 2 atom stereocenters. The minimum atomic E-state index is -1.31. The zero-order valence-corrected chi connectivity index (χ0v) is 14.8. The largest absolute Gasteiger partial charge is 0.477 e. The van der Waals surface area contributed by atoms with Gasteiger partial charge in [0, 0.05) is 36.6 Å². The maximum Gasteiger partial charge on any atom is 0.341 e. The van der Waals surface area contributed by atoms with E-state index >= 15 is 0 Å². The third kappa shape index (κ3) is 3.08. The van der Waals surface area contributed by atoms with Crippen LogP contribution in [0.3, 0.4) is 0 Å². The van der Waals surface area contributed by atoms with Crippen molar-refractivity contribution in [2.24, 2.45) is 11.7 Å². The number of hydrogen-bond donors (Lipinski definition) is 3. The first kappa shape index (κ1) is 17.9. The van der Waals surface area contributed by atoms with Gasteiger partial charge in [0.1, 0.15) is 11.4 Å². The van der Waals surface area contributed by atoms with Crippen molar-refractivity contribution < 1.29 is 19.4 Å². The Morgan fingerprint density at radius 1 is 1.30 bits per heavy atom. The number of aromatic carboxylic acids is 1. The summed E-state index contributed by atoms with van der Waals surface area (Å²) in [6.45, 7) is 1.23. The molecule has 0 radical (unpaired) electrons. The van der Waals surface area contributed by atoms with Gasteiger partial charge in [-0.25, -0.2) is 9.18 Å². The number of halogens is 1. The molecule has 7 nitrogen and oxygen atoms in total. The number of aliphatic hydroxyl groups is 1. The first-order valence-corrected chi connectivity index (χ1v) is 9.15. The van der Waals surface area contributed by atoms with Gasteiger partial charge >= 0.3 is 5.97 Å². The Morgan fingerprint density at radius 2 is 2.04 bits per heavy atom. The number of carbonyl (C=O) groups is 1. The zero-order valence-electron chi connectivity index (χ0n) is 14.8. The Kier molecular flexibility index (Phi) is 4.39. The Balaban J connectivity index is 1.86. The van der Waals surface area contributed by atoms with Gasteiger partial charge in [-0.1, -0.05) is 0 Å². The molecule has 8 heteroatoms. The molecule has 144 valence electrons. The number of carboxylic acids is 1. The standard InChI is InChI=1S/C19H22FN3O4/c20-14-5-12-15(6-16(14)22-4-3-17(24)10(7-21)8-22)23(11-1-2-11)9-13(18(12)25)19(26)27/h5-6,9-11,17,24H,1-4,7-8,21H2,(H,26,27). The first-order chi connectivity index (χ1) is 12.9. The number of hydrogen-bond acceptors (Lipinski definition) is 5. The van der Waals surface area contributed by atoms with Crippen LogP contribution in [0.1, 0.15) is 35.7 Å². The van der Waals surface area contributed by atoms with Crippen molar-refractivity contribution >= 4 is 22.6 Å². The summed E-state index contributed by atoms with van der Waals surface area (Å²) in [7, 11) is 0. The normalized spacial score (nSPS) is 23.0. The van der Waals surface area contributed by atoms with Crippen LogP contribution >= 0.6 is 0 Å². The SMILES string of the molecule is NCC1CN(c2cc3c(cc2F)c(=O)c(C(=O)O)cn3C2CC2)CCC1O. The van der Waals surface area contributed by atoms with Crippen LogP contribution in [0.5, 0.6) is 0 Å². The summed E-state index contributed by atoms with van der Waals surface area (Å²) in [6.07, 6.45) is 3.16. The molecule has 2 aliphatic rings. The van der Waals surface area contributed by atoms with Crippen molar-refractivity contribution in [3.8, 4) is 0 Å². The Bertz CT molecular complexity index is 970. The summed E-state index contributed by atoms with van der Waals surface area (Å²) < 4.78 is 16.6. The van der Waals surface area contributed by atoms with Gasteiger partial charge in [0.2, 0.25) is 5.43 Å². The van der Waals surface area contributed by atoms with E-state index in [2.05, 4.69) is 0 Å². The Labute approximate surface area is 154 Å². The lowest BCUT2D eigenvalue weighted by atomic mass is 9.94. The number of fused-ring (bicyclic) bond motifs is 1. The fourth-order valence-corrected chi connectivity index (χ4v) is 3.88. The topological polar surface area (TPSA) is 109 Å². The molecule has 2 aromatic rings. The lowest BCUT2D eigenvalue weighted by Gasteiger charge is -2.37. The van der Waals surface area contributed by atoms with E-state index in [1.54, 1.807) is 10.6 Å². The smallest absolute Gasteiger partial charge is 0.341 e. The molecule has 0 amide bonds. The maximum atomic E-state index is 14.9. The molecule has 1 aliphatic carbocycles. The predicted octanol–water partition coefficient (Wildman–Crippen LogP) is 1.32. The van der Waals surface area contributed by atoms with Gasteiger partial charge in [0.25, 0.3) is 0 Å². The molecule has 0 spiro atoms. The lowest BCUT2D eigenvalue weighted by molar-refractivity contribution is 0.0694. The van der Waals surface area contributed by atoms with Crippen molar-refractivity contribution in [1.82, 2.24) is 4.57 Å². The van der Waals surface area contributed by atoms with Crippen LogP contribution in [0.2, 0.25) is 0 Å². The highest BCUT2D eigenvalue weighted by Crippen LogP contribution is 2.38. The van der Waals surface area contributed by atoms with Crippen LogP contribution in [0, 0.1) is 11.7 Å². The minimum absolute atomic E-state index is 0.0791. The third-order valence-electron chi connectivity index (χ3n) is 5.61. The number of benzene rings is 1. The molecular formula is C19H22FN3O4. The van der Waals surface area contributed by atoms with E-state index in [0.717, 1.165) is 18.9 Å². The quantitative estimate of drug-likeness (QED) is 0.744. The molecule has 27 heavy (non-hydrogen) atoms. The number of aliphatic hydroxyl groups excluding tert-OH is 1. The maximum absolute atomic E-state index is 14.9. The second kappa shape index (κ2) is 6.61. The molecule has 0 bridgehead atoms. The number of carboxylic acid groups (broad SMARTS) is 1. The van der Waals surface area contributed by atoms with Gasteiger partial charge in [-0.15, -0.1) is 0 Å². The van der Waals surface area contributed by atoms with Crippen molar-refractivity contribution in [3.63, 3.8) is 0 Å². The van der Waals surface area contributed by atoms with Gasteiger partial charge in [-0.2, -0.15) is 0 Å². The molecule has 2 unspecified atom stereocenters. The van der Waals surface area contributed by atoms with Crippen molar-refractivity contribution in [2.45, 2.75) is 31.4 Å². The van der Waals surface area contributed by atoms with E-state index in [9.17, 15) is 24.2 Å². The van der Waals surface area contributed by atoms with E-state index < -0.39 is 23.3 Å². The summed E-state index contributed by atoms with van der Waals surface area (Å²) in [5.41, 5.74) is 5.60. The number of rotatable bonds is 4. The van der Waals surface area contributed by atoms with E-state index in [0.29, 0.717) is 37.3 Å². The van der Waals surface area contributed by atoms with Crippen LogP contribution in [-0.4, -0.2) is 46.5 Å². The molecule has 2 fully saturated rings. The Morgan fingerprint density at radius 3 is 2.67 bits per heavy atom. The van der Waals surface area contributed by atoms with E-state index in [1.807, 2.05) is 4.90 Å². The van der Waals surface area contributed by atoms with E-state index in [1.165, 1.54) is 6.20 Å². The average Bonchev–Trinajstić information content (AvgIpc) is 3.47. The highest BCUT2D eigenvalue weighted by molar-refractivity contribution is 5.93. The molecule has 1 saturated heterocycles. The summed E-state index contributed by atoms with van der Waals surface area (Å²) in [4.78, 5) is 25.8. The third-order valence-corrected chi connectivity index (χ3v) is 5.61. The highest BCUT2D eigenvalue weighted by Gasteiger charge is 2.30. The van der Waals surface area contributed by atoms with Crippen LogP contribution in [0.15, 0.2) is 23.1 Å². The number of piperidine rings is 1. The van der Waals surface area contributed by atoms with Gasteiger partial charge in [0.05, 0.1) is 17.3 Å². The van der Waals surface area contributed by atoms with Crippen LogP contribution in [0.25, 0.3) is 10.9 Å². The van der Waals surface area contributed by atoms with Crippen LogP contribution in [-0.2, 0) is 0 Å². The van der Waals surface area contributed by atoms with Gasteiger partial charge in [0.15, 0.2) is 0 Å². The molecule has 2 heterocycles. The number of pyridine rings is 1. The second-order valence-corrected chi connectivity index (χ2v) is 7.43. The molecular weight excluding hydrogens is 353 g/mol. The molecule has 1 aliphatic heterocycles. The van der Waals surface area contributed by atoms with Gasteiger partial charge < -0.3 is 25.4 Å². The zero-order chi connectivity index (χ0) is 19.3. The number of nitrogens with two attached hydrogens (primary N) is 1. The molecule has 1 aromatic heterocycles. The van der Waals surface area contributed by atoms with Crippen molar-refractivity contribution in [2.75, 3.05) is 24.5 Å². The van der Waals surface area contributed by atoms with Crippen molar-refractivity contribution in [1.29, 1.82) is 0 Å². The van der Waals surface area contributed by atoms with E-state index in [-0.39, 0.29) is 22.9 Å². The number of aromatic nitrogens is 1. The van der Waals surface area contributed by atoms with Gasteiger partial charge in [-0.3, -0.25) is 4.79 Å². The van der Waals surface area contributed by atoms with E-state index in [4.69, 9.17) is 5.73 Å².